The second-order valence-electron chi connectivity index (χ2n) is 2.95. The summed E-state index contributed by atoms with van der Waals surface area (Å²) in [6.45, 7) is 7.62. The summed E-state index contributed by atoms with van der Waals surface area (Å²) in [4.78, 5) is 11.2. The monoisotopic (exact) mass is 157 g/mol. The van der Waals surface area contributed by atoms with Gasteiger partial charge in [-0.25, -0.2) is 0 Å². The van der Waals surface area contributed by atoms with E-state index in [4.69, 9.17) is 0 Å². The Labute approximate surface area is 69.4 Å². The molecule has 0 aliphatic rings. The summed E-state index contributed by atoms with van der Waals surface area (Å²) < 4.78 is 0. The van der Waals surface area contributed by atoms with Crippen LogP contribution in [0.15, 0.2) is 0 Å². The van der Waals surface area contributed by atoms with Gasteiger partial charge in [-0.1, -0.05) is 20.8 Å². The largest absolute Gasteiger partial charge is 0.310 e. The van der Waals surface area contributed by atoms with E-state index in [1.165, 1.54) is 0 Å². The second-order valence-corrected chi connectivity index (χ2v) is 2.95. The van der Waals surface area contributed by atoms with Gasteiger partial charge in [0, 0.05) is 5.92 Å². The minimum absolute atomic E-state index is 0.222. The molecule has 2 heteroatoms. The predicted molar refractivity (Wildman–Crippen MR) is 47.6 cm³/mol. The van der Waals surface area contributed by atoms with Crippen LogP contribution < -0.4 is 5.32 Å². The van der Waals surface area contributed by atoms with Crippen LogP contribution in [-0.4, -0.2) is 18.9 Å². The van der Waals surface area contributed by atoms with Crippen molar-refractivity contribution in [3.63, 3.8) is 0 Å². The minimum atomic E-state index is 0.222. The Bertz CT molecular complexity index is 112. The lowest BCUT2D eigenvalue weighted by Gasteiger charge is -2.07. The maximum absolute atomic E-state index is 11.2. The summed E-state index contributed by atoms with van der Waals surface area (Å²) in [5.41, 5.74) is 0. The fourth-order valence-corrected chi connectivity index (χ4v) is 0.790. The molecule has 1 unspecified atom stereocenters. The lowest BCUT2D eigenvalue weighted by atomic mass is 10.0. The van der Waals surface area contributed by atoms with Gasteiger partial charge in [-0.05, 0) is 19.4 Å². The molecule has 1 atom stereocenters. The molecule has 0 radical (unpaired) electrons. The Morgan fingerprint density at radius 3 is 2.55 bits per heavy atom. The van der Waals surface area contributed by atoms with Gasteiger partial charge < -0.3 is 5.32 Å². The highest BCUT2D eigenvalue weighted by Crippen LogP contribution is 2.00. The Morgan fingerprint density at radius 2 is 2.09 bits per heavy atom. The van der Waals surface area contributed by atoms with Crippen molar-refractivity contribution in [1.29, 1.82) is 0 Å². The molecule has 11 heavy (non-hydrogen) atoms. The number of carbonyl (C=O) groups is 1. The third kappa shape index (κ3) is 4.96. The molecule has 2 nitrogen and oxygen atoms in total. The fourth-order valence-electron chi connectivity index (χ4n) is 0.790. The summed E-state index contributed by atoms with van der Waals surface area (Å²) >= 11 is 0. The lowest BCUT2D eigenvalue weighted by molar-refractivity contribution is -0.121. The van der Waals surface area contributed by atoms with Crippen LogP contribution in [0.4, 0.5) is 0 Å². The average molecular weight is 157 g/mol. The number of nitrogens with one attached hydrogen (secondary N) is 1. The van der Waals surface area contributed by atoms with Crippen molar-refractivity contribution in [1.82, 2.24) is 5.32 Å². The van der Waals surface area contributed by atoms with E-state index in [2.05, 4.69) is 12.2 Å². The topological polar surface area (TPSA) is 29.1 Å². The van der Waals surface area contributed by atoms with E-state index in [0.29, 0.717) is 12.3 Å². The summed E-state index contributed by atoms with van der Waals surface area (Å²) in [6, 6.07) is 0. The van der Waals surface area contributed by atoms with Gasteiger partial charge in [0.2, 0.25) is 0 Å². The van der Waals surface area contributed by atoms with E-state index in [1.807, 2.05) is 13.8 Å². The molecule has 0 saturated heterocycles. The van der Waals surface area contributed by atoms with Gasteiger partial charge in [0.1, 0.15) is 5.78 Å². The molecule has 0 bridgehead atoms. The molecule has 0 fully saturated rings. The molecule has 0 spiro atoms. The van der Waals surface area contributed by atoms with Gasteiger partial charge in [0.15, 0.2) is 0 Å². The van der Waals surface area contributed by atoms with Gasteiger partial charge in [-0.2, -0.15) is 0 Å². The Hall–Kier alpha value is -0.370. The molecule has 0 saturated carbocycles. The van der Waals surface area contributed by atoms with Crippen LogP contribution in [0.3, 0.4) is 0 Å². The number of Topliss-reactive ketones (excluding diaryl/α,β-unsaturated/α-hetero) is 1. The molecule has 0 aromatic carbocycles. The summed E-state index contributed by atoms with van der Waals surface area (Å²) in [7, 11) is 0. The van der Waals surface area contributed by atoms with E-state index in [0.717, 1.165) is 19.4 Å². The van der Waals surface area contributed by atoms with Crippen LogP contribution in [-0.2, 0) is 4.79 Å². The zero-order valence-corrected chi connectivity index (χ0v) is 7.81. The first-order valence-corrected chi connectivity index (χ1v) is 4.45. The van der Waals surface area contributed by atoms with E-state index in [1.54, 1.807) is 0 Å². The first-order valence-electron chi connectivity index (χ1n) is 4.45. The van der Waals surface area contributed by atoms with Gasteiger partial charge in [-0.3, -0.25) is 4.79 Å². The van der Waals surface area contributed by atoms with Gasteiger partial charge in [-0.15, -0.1) is 0 Å². The molecule has 1 N–H and O–H groups in total. The molecular weight excluding hydrogens is 138 g/mol. The smallest absolute Gasteiger partial charge is 0.149 e. The SMILES string of the molecule is CCCNCC(=O)C(C)CC. The number of hydrogen-bond acceptors (Lipinski definition) is 2. The quantitative estimate of drug-likeness (QED) is 0.593. The minimum Gasteiger partial charge on any atom is -0.310 e. The van der Waals surface area contributed by atoms with Crippen molar-refractivity contribution >= 4 is 5.78 Å². The molecule has 0 aromatic rings. The molecule has 0 rings (SSSR count). The second kappa shape index (κ2) is 6.35. The van der Waals surface area contributed by atoms with Crippen molar-refractivity contribution < 1.29 is 4.79 Å². The standard InChI is InChI=1S/C9H19NO/c1-4-6-10-7-9(11)8(3)5-2/h8,10H,4-7H2,1-3H3. The van der Waals surface area contributed by atoms with Gasteiger partial charge >= 0.3 is 0 Å². The van der Waals surface area contributed by atoms with Crippen LogP contribution in [0.25, 0.3) is 0 Å². The van der Waals surface area contributed by atoms with Crippen LogP contribution in [0.2, 0.25) is 0 Å². The molecule has 0 aromatic heterocycles. The molecule has 66 valence electrons. The van der Waals surface area contributed by atoms with Crippen LogP contribution in [0, 0.1) is 5.92 Å². The summed E-state index contributed by atoms with van der Waals surface area (Å²) in [5, 5.41) is 3.10. The Balaban J connectivity index is 3.36. The van der Waals surface area contributed by atoms with Gasteiger partial charge in [0.25, 0.3) is 0 Å². The van der Waals surface area contributed by atoms with E-state index in [9.17, 15) is 4.79 Å². The number of ketones is 1. The lowest BCUT2D eigenvalue weighted by Crippen LogP contribution is -2.27. The number of rotatable bonds is 6. The van der Waals surface area contributed by atoms with E-state index >= 15 is 0 Å². The highest BCUT2D eigenvalue weighted by atomic mass is 16.1. The average Bonchev–Trinajstić information content (AvgIpc) is 2.03. The molecule has 0 amide bonds. The van der Waals surface area contributed by atoms with Crippen molar-refractivity contribution in [2.45, 2.75) is 33.6 Å². The molecule has 0 heterocycles. The number of hydrogen-bond donors (Lipinski definition) is 1. The summed E-state index contributed by atoms with van der Waals surface area (Å²) in [5.74, 6) is 0.556. The van der Waals surface area contributed by atoms with Crippen LogP contribution in [0.1, 0.15) is 33.6 Å². The maximum atomic E-state index is 11.2. The molecule has 0 aliphatic carbocycles. The Kier molecular flexibility index (Phi) is 6.13. The maximum Gasteiger partial charge on any atom is 0.149 e. The van der Waals surface area contributed by atoms with E-state index < -0.39 is 0 Å². The third-order valence-electron chi connectivity index (χ3n) is 1.89. The number of carbonyl (C=O) groups excluding carboxylic acids is 1. The van der Waals surface area contributed by atoms with Crippen LogP contribution >= 0.6 is 0 Å². The third-order valence-corrected chi connectivity index (χ3v) is 1.89. The van der Waals surface area contributed by atoms with Crippen LogP contribution in [0.5, 0.6) is 0 Å². The first kappa shape index (κ1) is 10.6. The first-order chi connectivity index (χ1) is 5.22. The fraction of sp³-hybridized carbons (Fsp3) is 0.889. The van der Waals surface area contributed by atoms with Crippen molar-refractivity contribution in [2.75, 3.05) is 13.1 Å². The van der Waals surface area contributed by atoms with Crippen molar-refractivity contribution in [3.05, 3.63) is 0 Å². The van der Waals surface area contributed by atoms with Gasteiger partial charge in [0.05, 0.1) is 6.54 Å². The Morgan fingerprint density at radius 1 is 1.45 bits per heavy atom. The normalized spacial score (nSPS) is 13.0. The predicted octanol–water partition coefficient (Wildman–Crippen LogP) is 1.60. The highest BCUT2D eigenvalue weighted by Gasteiger charge is 2.08. The molecule has 0 aliphatic heterocycles. The summed E-state index contributed by atoms with van der Waals surface area (Å²) in [6.07, 6.45) is 2.04. The zero-order chi connectivity index (χ0) is 8.69. The van der Waals surface area contributed by atoms with Crippen molar-refractivity contribution in [2.24, 2.45) is 5.92 Å². The van der Waals surface area contributed by atoms with Crippen molar-refractivity contribution in [3.8, 4) is 0 Å². The zero-order valence-electron chi connectivity index (χ0n) is 7.81. The van der Waals surface area contributed by atoms with E-state index in [-0.39, 0.29) is 5.92 Å². The molecular formula is C9H19NO. The highest BCUT2D eigenvalue weighted by molar-refractivity contribution is 5.82.